The fourth-order valence-corrected chi connectivity index (χ4v) is 1.73. The molecule has 0 bridgehead atoms. The topological polar surface area (TPSA) is 51.4 Å². The zero-order valence-electron chi connectivity index (χ0n) is 10.2. The number of nitrogens with one attached hydrogen (secondary N) is 1. The van der Waals surface area contributed by atoms with E-state index in [2.05, 4.69) is 49.0 Å². The molecule has 0 aromatic heterocycles. The number of hydrogen-bond acceptors (Lipinski definition) is 4. The molecule has 86 valence electrons. The van der Waals surface area contributed by atoms with Crippen LogP contribution in [0.1, 0.15) is 27.7 Å². The van der Waals surface area contributed by atoms with Gasteiger partial charge in [0.2, 0.25) is 5.96 Å². The third-order valence-corrected chi connectivity index (χ3v) is 2.27. The zero-order valence-corrected chi connectivity index (χ0v) is 10.2. The van der Waals surface area contributed by atoms with Crippen LogP contribution in [-0.4, -0.2) is 22.9 Å². The minimum absolute atomic E-state index is 0.331. The first kappa shape index (κ1) is 12.3. The molecule has 0 aliphatic carbocycles. The molecule has 1 aliphatic heterocycles. The summed E-state index contributed by atoms with van der Waals surface area (Å²) in [6.07, 6.45) is 5.18. The van der Waals surface area contributed by atoms with E-state index in [9.17, 15) is 0 Å². The van der Waals surface area contributed by atoms with Crippen molar-refractivity contribution in [3.63, 3.8) is 0 Å². The standard InChI is InChI=1S/C12H18N4/c1-9(2)16(10(3)4)12-14-7-5-6-11(8-13)15-12/h5-7,9-10H,1-4H3,(H,14,15). The average Bonchev–Trinajstić information content (AvgIpc) is 2.42. The summed E-state index contributed by atoms with van der Waals surface area (Å²) < 4.78 is 0. The van der Waals surface area contributed by atoms with Crippen molar-refractivity contribution in [3.8, 4) is 6.07 Å². The molecule has 1 heterocycles. The van der Waals surface area contributed by atoms with Crippen LogP contribution in [0, 0.1) is 11.3 Å². The Balaban J connectivity index is 2.95. The summed E-state index contributed by atoms with van der Waals surface area (Å²) in [5.74, 6) is 0.728. The number of nitriles is 1. The number of guanidine groups is 1. The molecule has 1 rings (SSSR count). The van der Waals surface area contributed by atoms with Gasteiger partial charge in [-0.3, -0.25) is 0 Å². The summed E-state index contributed by atoms with van der Waals surface area (Å²) in [4.78, 5) is 6.45. The average molecular weight is 218 g/mol. The van der Waals surface area contributed by atoms with E-state index in [0.717, 1.165) is 5.96 Å². The van der Waals surface area contributed by atoms with Crippen molar-refractivity contribution < 1.29 is 0 Å². The molecule has 0 aromatic rings. The van der Waals surface area contributed by atoms with E-state index < -0.39 is 0 Å². The first-order chi connectivity index (χ1) is 7.56. The lowest BCUT2D eigenvalue weighted by Crippen LogP contribution is -2.48. The summed E-state index contributed by atoms with van der Waals surface area (Å²) in [5, 5.41) is 11.9. The maximum atomic E-state index is 8.90. The largest absolute Gasteiger partial charge is 0.338 e. The Morgan fingerprint density at radius 3 is 2.44 bits per heavy atom. The molecule has 1 aliphatic rings. The predicted octanol–water partition coefficient (Wildman–Crippen LogP) is 1.99. The molecule has 4 heteroatoms. The van der Waals surface area contributed by atoms with Gasteiger partial charge in [0, 0.05) is 18.3 Å². The highest BCUT2D eigenvalue weighted by atomic mass is 15.3. The molecule has 0 fully saturated rings. The number of rotatable bonds is 2. The van der Waals surface area contributed by atoms with Gasteiger partial charge in [0.15, 0.2) is 0 Å². The van der Waals surface area contributed by atoms with Crippen LogP contribution in [0.5, 0.6) is 0 Å². The molecule has 0 aromatic carbocycles. The Morgan fingerprint density at radius 2 is 1.94 bits per heavy atom. The van der Waals surface area contributed by atoms with Gasteiger partial charge in [0.25, 0.3) is 0 Å². The molecule has 1 N–H and O–H groups in total. The van der Waals surface area contributed by atoms with E-state index in [4.69, 9.17) is 5.26 Å². The van der Waals surface area contributed by atoms with Crippen molar-refractivity contribution in [1.82, 2.24) is 10.2 Å². The normalized spacial score (nSPS) is 15.1. The number of nitrogens with zero attached hydrogens (tertiary/aromatic N) is 3. The monoisotopic (exact) mass is 218 g/mol. The molecule has 0 amide bonds. The van der Waals surface area contributed by atoms with Crippen LogP contribution < -0.4 is 5.32 Å². The SMILES string of the molecule is CC(C)N(C1=NC=CC=C(C#N)N1)C(C)C. The quantitative estimate of drug-likeness (QED) is 0.771. The van der Waals surface area contributed by atoms with Crippen molar-refractivity contribution in [2.75, 3.05) is 0 Å². The Labute approximate surface area is 97.0 Å². The summed E-state index contributed by atoms with van der Waals surface area (Å²) in [6.45, 7) is 8.42. The van der Waals surface area contributed by atoms with E-state index in [1.54, 1.807) is 18.4 Å². The second-order valence-electron chi connectivity index (χ2n) is 4.21. The van der Waals surface area contributed by atoms with Gasteiger partial charge in [-0.15, -0.1) is 0 Å². The van der Waals surface area contributed by atoms with Crippen molar-refractivity contribution >= 4 is 5.96 Å². The lowest BCUT2D eigenvalue weighted by atomic mass is 10.2. The van der Waals surface area contributed by atoms with Crippen LogP contribution in [0.2, 0.25) is 0 Å². The molecule has 16 heavy (non-hydrogen) atoms. The van der Waals surface area contributed by atoms with Gasteiger partial charge >= 0.3 is 0 Å². The molecule has 0 saturated carbocycles. The van der Waals surface area contributed by atoms with E-state index in [-0.39, 0.29) is 0 Å². The number of allylic oxidation sites excluding steroid dienone is 3. The first-order valence-corrected chi connectivity index (χ1v) is 5.46. The Kier molecular flexibility index (Phi) is 4.12. The molecule has 0 radical (unpaired) electrons. The summed E-state index contributed by atoms with van der Waals surface area (Å²) in [5.41, 5.74) is 0.513. The van der Waals surface area contributed by atoms with Gasteiger partial charge in [-0.1, -0.05) is 0 Å². The van der Waals surface area contributed by atoms with Crippen molar-refractivity contribution in [2.24, 2.45) is 4.99 Å². The van der Waals surface area contributed by atoms with Gasteiger partial charge in [-0.2, -0.15) is 5.26 Å². The Morgan fingerprint density at radius 1 is 1.31 bits per heavy atom. The summed E-state index contributed by atoms with van der Waals surface area (Å²) in [7, 11) is 0. The zero-order chi connectivity index (χ0) is 12.1. The lowest BCUT2D eigenvalue weighted by molar-refractivity contribution is 0.284. The maximum absolute atomic E-state index is 8.90. The second kappa shape index (κ2) is 5.36. The van der Waals surface area contributed by atoms with Gasteiger partial charge in [0.1, 0.15) is 11.8 Å². The molecule has 0 saturated heterocycles. The summed E-state index contributed by atoms with van der Waals surface area (Å²) in [6, 6.07) is 2.76. The van der Waals surface area contributed by atoms with Gasteiger partial charge in [-0.25, -0.2) is 4.99 Å². The molecular formula is C12H18N4. The number of aliphatic imine (C=N–C) groups is 1. The predicted molar refractivity (Wildman–Crippen MR) is 65.5 cm³/mol. The third kappa shape index (κ3) is 2.86. The molecular weight excluding hydrogens is 200 g/mol. The van der Waals surface area contributed by atoms with Crippen LogP contribution in [-0.2, 0) is 0 Å². The lowest BCUT2D eigenvalue weighted by Gasteiger charge is -2.33. The summed E-state index contributed by atoms with van der Waals surface area (Å²) >= 11 is 0. The van der Waals surface area contributed by atoms with Crippen molar-refractivity contribution in [3.05, 3.63) is 24.0 Å². The van der Waals surface area contributed by atoms with Crippen LogP contribution in [0.15, 0.2) is 29.0 Å². The van der Waals surface area contributed by atoms with Gasteiger partial charge < -0.3 is 10.2 Å². The molecule has 0 spiro atoms. The van der Waals surface area contributed by atoms with E-state index in [1.165, 1.54) is 0 Å². The van der Waals surface area contributed by atoms with Crippen LogP contribution in [0.25, 0.3) is 0 Å². The van der Waals surface area contributed by atoms with Crippen LogP contribution in [0.4, 0.5) is 0 Å². The number of hydrogen-bond donors (Lipinski definition) is 1. The molecule has 4 nitrogen and oxygen atoms in total. The smallest absolute Gasteiger partial charge is 0.204 e. The first-order valence-electron chi connectivity index (χ1n) is 5.46. The molecule has 0 unspecified atom stereocenters. The van der Waals surface area contributed by atoms with Crippen LogP contribution in [0.3, 0.4) is 0 Å². The van der Waals surface area contributed by atoms with Crippen molar-refractivity contribution in [1.29, 1.82) is 5.26 Å². The Hall–Kier alpha value is -1.76. The maximum Gasteiger partial charge on any atom is 0.204 e. The second-order valence-corrected chi connectivity index (χ2v) is 4.21. The fraction of sp³-hybridized carbons (Fsp3) is 0.500. The Bertz CT molecular complexity index is 361. The third-order valence-electron chi connectivity index (χ3n) is 2.27. The highest BCUT2D eigenvalue weighted by Gasteiger charge is 2.19. The highest BCUT2D eigenvalue weighted by molar-refractivity contribution is 5.84. The fourth-order valence-electron chi connectivity index (χ4n) is 1.73. The molecule has 0 atom stereocenters. The van der Waals surface area contributed by atoms with Crippen LogP contribution >= 0.6 is 0 Å². The minimum Gasteiger partial charge on any atom is -0.338 e. The van der Waals surface area contributed by atoms with E-state index >= 15 is 0 Å². The minimum atomic E-state index is 0.331. The van der Waals surface area contributed by atoms with E-state index in [0.29, 0.717) is 17.8 Å². The van der Waals surface area contributed by atoms with Crippen molar-refractivity contribution in [2.45, 2.75) is 39.8 Å². The van der Waals surface area contributed by atoms with Gasteiger partial charge in [-0.05, 0) is 39.8 Å². The van der Waals surface area contributed by atoms with Gasteiger partial charge in [0.05, 0.1) is 0 Å². The highest BCUT2D eigenvalue weighted by Crippen LogP contribution is 2.08. The van der Waals surface area contributed by atoms with E-state index in [1.807, 2.05) is 0 Å².